The second-order valence-corrected chi connectivity index (χ2v) is 11.8. The third-order valence-corrected chi connectivity index (χ3v) is 8.81. The highest BCUT2D eigenvalue weighted by Crippen LogP contribution is 2.36. The molecule has 216 valence electrons. The summed E-state index contributed by atoms with van der Waals surface area (Å²) in [6, 6.07) is 11.8. The van der Waals surface area contributed by atoms with Gasteiger partial charge in [0.2, 0.25) is 17.7 Å². The van der Waals surface area contributed by atoms with Crippen LogP contribution in [0.2, 0.25) is 5.02 Å². The van der Waals surface area contributed by atoms with E-state index in [1.807, 2.05) is 24.3 Å². The summed E-state index contributed by atoms with van der Waals surface area (Å²) in [5.74, 6) is -1.80. The van der Waals surface area contributed by atoms with Crippen molar-refractivity contribution in [1.82, 2.24) is 10.2 Å². The van der Waals surface area contributed by atoms with E-state index in [0.717, 1.165) is 61.6 Å². The molecular formula is C32H41ClFN3O3. The Morgan fingerprint density at radius 2 is 1.85 bits per heavy atom. The Labute approximate surface area is 241 Å². The number of benzene rings is 2. The Hall–Kier alpha value is -2.93. The van der Waals surface area contributed by atoms with Crippen LogP contribution in [-0.2, 0) is 20.9 Å². The van der Waals surface area contributed by atoms with Gasteiger partial charge in [0, 0.05) is 24.9 Å². The highest BCUT2D eigenvalue weighted by atomic mass is 35.5. The van der Waals surface area contributed by atoms with Crippen LogP contribution in [0, 0.1) is 23.6 Å². The van der Waals surface area contributed by atoms with Crippen LogP contribution >= 0.6 is 11.6 Å². The number of hydrogen-bond donors (Lipinski definition) is 2. The normalized spacial score (nSPS) is 19.4. The van der Waals surface area contributed by atoms with Gasteiger partial charge < -0.3 is 16.0 Å². The van der Waals surface area contributed by atoms with E-state index in [0.29, 0.717) is 38.3 Å². The van der Waals surface area contributed by atoms with Crippen molar-refractivity contribution >= 4 is 29.3 Å². The van der Waals surface area contributed by atoms with E-state index in [9.17, 15) is 18.8 Å². The molecule has 1 aliphatic heterocycles. The topological polar surface area (TPSA) is 92.5 Å². The summed E-state index contributed by atoms with van der Waals surface area (Å²) in [5, 5.41) is 3.11. The molecule has 1 saturated heterocycles. The Kier molecular flexibility index (Phi) is 10.6. The number of unbranched alkanes of at least 4 members (excludes halogenated alkanes) is 1. The predicted octanol–water partition coefficient (Wildman–Crippen LogP) is 6.24. The van der Waals surface area contributed by atoms with Crippen molar-refractivity contribution < 1.29 is 18.8 Å². The van der Waals surface area contributed by atoms with Crippen molar-refractivity contribution in [2.45, 2.75) is 83.7 Å². The first kappa shape index (κ1) is 30.0. The Morgan fingerprint density at radius 3 is 2.52 bits per heavy atom. The van der Waals surface area contributed by atoms with Gasteiger partial charge in [-0.25, -0.2) is 4.39 Å². The Morgan fingerprint density at radius 1 is 1.07 bits per heavy atom. The maximum absolute atomic E-state index is 13.7. The summed E-state index contributed by atoms with van der Waals surface area (Å²) in [5.41, 5.74) is 8.41. The number of amides is 3. The van der Waals surface area contributed by atoms with E-state index in [1.54, 1.807) is 17.0 Å². The second-order valence-electron chi connectivity index (χ2n) is 11.4. The summed E-state index contributed by atoms with van der Waals surface area (Å²) in [6.45, 7) is 3.06. The van der Waals surface area contributed by atoms with Crippen LogP contribution in [0.1, 0.15) is 76.7 Å². The summed E-state index contributed by atoms with van der Waals surface area (Å²) >= 11 is 5.99. The molecule has 0 aromatic heterocycles. The van der Waals surface area contributed by atoms with Gasteiger partial charge in [0.25, 0.3) is 0 Å². The monoisotopic (exact) mass is 569 g/mol. The summed E-state index contributed by atoms with van der Waals surface area (Å²) < 4.78 is 13.7. The fourth-order valence-electron chi connectivity index (χ4n) is 5.93. The highest BCUT2D eigenvalue weighted by Gasteiger charge is 2.38. The number of rotatable bonds is 12. The molecule has 2 aliphatic rings. The van der Waals surface area contributed by atoms with Gasteiger partial charge in [-0.3, -0.25) is 14.4 Å². The van der Waals surface area contributed by atoms with Crippen LogP contribution in [0.3, 0.4) is 0 Å². The number of primary amides is 1. The molecule has 40 heavy (non-hydrogen) atoms. The minimum Gasteiger partial charge on any atom is -0.369 e. The smallest absolute Gasteiger partial charge is 0.245 e. The van der Waals surface area contributed by atoms with Crippen molar-refractivity contribution in [3.63, 3.8) is 0 Å². The zero-order valence-corrected chi connectivity index (χ0v) is 24.1. The average Bonchev–Trinajstić information content (AvgIpc) is 3.07. The van der Waals surface area contributed by atoms with Crippen molar-refractivity contribution in [2.75, 3.05) is 6.54 Å². The molecule has 4 rings (SSSR count). The maximum Gasteiger partial charge on any atom is 0.245 e. The van der Waals surface area contributed by atoms with E-state index in [1.165, 1.54) is 6.07 Å². The van der Waals surface area contributed by atoms with Gasteiger partial charge in [-0.05, 0) is 72.9 Å². The van der Waals surface area contributed by atoms with Gasteiger partial charge in [0.1, 0.15) is 11.9 Å². The maximum atomic E-state index is 13.7. The minimum absolute atomic E-state index is 0.0630. The van der Waals surface area contributed by atoms with Crippen LogP contribution in [0.5, 0.6) is 0 Å². The molecule has 0 spiro atoms. The SMILES string of the molecule is CCCCC(C(N)=O)C(CC1CCC1)C(=O)N[C@H]1CCCCN(Cc2cccc(-c3ccc(F)c(Cl)c3)c2)C1=O. The third-order valence-electron chi connectivity index (χ3n) is 8.52. The number of hydrogen-bond acceptors (Lipinski definition) is 3. The molecule has 2 unspecified atom stereocenters. The van der Waals surface area contributed by atoms with Crippen LogP contribution in [0.15, 0.2) is 42.5 Å². The van der Waals surface area contributed by atoms with Crippen molar-refractivity contribution in [3.8, 4) is 11.1 Å². The minimum atomic E-state index is -0.627. The number of carbonyl (C=O) groups excluding carboxylic acids is 3. The molecule has 0 radical (unpaired) electrons. The van der Waals surface area contributed by atoms with Crippen LogP contribution in [-0.4, -0.2) is 35.2 Å². The number of likely N-dealkylation sites (tertiary alicyclic amines) is 1. The first-order valence-electron chi connectivity index (χ1n) is 14.7. The summed E-state index contributed by atoms with van der Waals surface area (Å²) in [6.07, 6.45) is 8.53. The quantitative estimate of drug-likeness (QED) is 0.317. The molecule has 6 nitrogen and oxygen atoms in total. The molecule has 3 N–H and O–H groups in total. The molecular weight excluding hydrogens is 529 g/mol. The molecule has 8 heteroatoms. The van der Waals surface area contributed by atoms with Crippen LogP contribution < -0.4 is 11.1 Å². The first-order chi connectivity index (χ1) is 19.3. The zero-order chi connectivity index (χ0) is 28.6. The van der Waals surface area contributed by atoms with Gasteiger partial charge in [0.15, 0.2) is 0 Å². The molecule has 1 saturated carbocycles. The lowest BCUT2D eigenvalue weighted by atomic mass is 9.73. The first-order valence-corrected chi connectivity index (χ1v) is 15.1. The molecule has 0 bridgehead atoms. The van der Waals surface area contributed by atoms with Crippen molar-refractivity contribution in [2.24, 2.45) is 23.5 Å². The molecule has 1 heterocycles. The zero-order valence-electron chi connectivity index (χ0n) is 23.3. The van der Waals surface area contributed by atoms with E-state index in [-0.39, 0.29) is 16.8 Å². The van der Waals surface area contributed by atoms with E-state index in [4.69, 9.17) is 17.3 Å². The van der Waals surface area contributed by atoms with Gasteiger partial charge in [0.05, 0.1) is 5.02 Å². The third kappa shape index (κ3) is 7.62. The predicted molar refractivity (Wildman–Crippen MR) is 156 cm³/mol. The fraction of sp³-hybridized carbons (Fsp3) is 0.531. The van der Waals surface area contributed by atoms with Crippen molar-refractivity contribution in [1.29, 1.82) is 0 Å². The molecule has 2 aromatic carbocycles. The van der Waals surface area contributed by atoms with Gasteiger partial charge in [-0.1, -0.05) is 74.9 Å². The number of halogens is 2. The lowest BCUT2D eigenvalue weighted by molar-refractivity contribution is -0.139. The average molecular weight is 570 g/mol. The Bertz CT molecular complexity index is 1200. The van der Waals surface area contributed by atoms with E-state index < -0.39 is 29.6 Å². The summed E-state index contributed by atoms with van der Waals surface area (Å²) in [7, 11) is 0. The number of nitrogens with two attached hydrogens (primary N) is 1. The van der Waals surface area contributed by atoms with E-state index >= 15 is 0 Å². The van der Waals surface area contributed by atoms with Gasteiger partial charge >= 0.3 is 0 Å². The number of nitrogens with one attached hydrogen (secondary N) is 1. The number of carbonyl (C=O) groups is 3. The largest absolute Gasteiger partial charge is 0.369 e. The molecule has 2 aromatic rings. The fourth-order valence-corrected chi connectivity index (χ4v) is 6.11. The lowest BCUT2D eigenvalue weighted by Crippen LogP contribution is -2.51. The molecule has 3 atom stereocenters. The Balaban J connectivity index is 1.47. The summed E-state index contributed by atoms with van der Waals surface area (Å²) in [4.78, 5) is 41.5. The molecule has 3 amide bonds. The van der Waals surface area contributed by atoms with Gasteiger partial charge in [-0.2, -0.15) is 0 Å². The number of nitrogens with zero attached hydrogens (tertiary/aromatic N) is 1. The van der Waals surface area contributed by atoms with E-state index in [2.05, 4.69) is 12.2 Å². The standard InChI is InChI=1S/C32H41ClFN3O3/c1-2-3-12-25(30(35)38)26(18-21-8-6-9-21)31(39)36-29-13-4-5-16-37(32(29)40)20-22-10-7-11-23(17-22)24-14-15-28(34)27(33)19-24/h7,10-11,14-15,17,19,21,25-26,29H,2-6,8-9,12-13,16,18,20H2,1H3,(H2,35,38)(H,36,39)/t25?,26?,29-/m0/s1. The lowest BCUT2D eigenvalue weighted by Gasteiger charge is -2.33. The molecule has 1 aliphatic carbocycles. The van der Waals surface area contributed by atoms with Crippen LogP contribution in [0.25, 0.3) is 11.1 Å². The van der Waals surface area contributed by atoms with Crippen molar-refractivity contribution in [3.05, 3.63) is 58.9 Å². The van der Waals surface area contributed by atoms with Crippen LogP contribution in [0.4, 0.5) is 4.39 Å². The molecule has 2 fully saturated rings. The second kappa shape index (κ2) is 14.1. The van der Waals surface area contributed by atoms with Gasteiger partial charge in [-0.15, -0.1) is 0 Å². The highest BCUT2D eigenvalue weighted by molar-refractivity contribution is 6.31.